The topological polar surface area (TPSA) is 73.5 Å². The molecule has 6 heteroatoms. The molecule has 2 fully saturated rings. The SMILES string of the molecule is CC(C)c1ccc(C(=O)N2CCC(CCN3CCCC3=O)CC2)c(=O)[nH]1. The van der Waals surface area contributed by atoms with Crippen LogP contribution in [-0.2, 0) is 4.79 Å². The minimum absolute atomic E-state index is 0.172. The van der Waals surface area contributed by atoms with E-state index in [-0.39, 0.29) is 28.9 Å². The molecule has 1 N–H and O–H groups in total. The molecule has 3 rings (SSSR count). The Kier molecular flexibility index (Phi) is 5.79. The zero-order valence-corrected chi connectivity index (χ0v) is 15.8. The second-order valence-corrected chi connectivity index (χ2v) is 7.82. The number of nitrogens with zero attached hydrogens (tertiary/aromatic N) is 2. The normalized spacial score (nSPS) is 18.8. The monoisotopic (exact) mass is 359 g/mol. The first-order chi connectivity index (χ1) is 12.5. The van der Waals surface area contributed by atoms with Gasteiger partial charge in [0, 0.05) is 38.3 Å². The molecule has 26 heavy (non-hydrogen) atoms. The van der Waals surface area contributed by atoms with Crippen molar-refractivity contribution in [3.8, 4) is 0 Å². The summed E-state index contributed by atoms with van der Waals surface area (Å²) in [5.74, 6) is 0.885. The van der Waals surface area contributed by atoms with Crippen molar-refractivity contribution in [3.63, 3.8) is 0 Å². The number of nitrogens with one attached hydrogen (secondary N) is 1. The van der Waals surface area contributed by atoms with Crippen molar-refractivity contribution in [2.45, 2.75) is 51.9 Å². The molecule has 142 valence electrons. The van der Waals surface area contributed by atoms with Crippen molar-refractivity contribution >= 4 is 11.8 Å². The summed E-state index contributed by atoms with van der Waals surface area (Å²) in [6, 6.07) is 3.49. The Balaban J connectivity index is 1.52. The Morgan fingerprint density at radius 2 is 1.92 bits per heavy atom. The summed E-state index contributed by atoms with van der Waals surface area (Å²) in [4.78, 5) is 43.2. The van der Waals surface area contributed by atoms with Gasteiger partial charge in [0.15, 0.2) is 0 Å². The van der Waals surface area contributed by atoms with Crippen LogP contribution in [0.3, 0.4) is 0 Å². The average Bonchev–Trinajstić information content (AvgIpc) is 3.04. The van der Waals surface area contributed by atoms with Gasteiger partial charge in [-0.25, -0.2) is 0 Å². The highest BCUT2D eigenvalue weighted by molar-refractivity contribution is 5.93. The van der Waals surface area contributed by atoms with Crippen molar-refractivity contribution in [1.29, 1.82) is 0 Å². The van der Waals surface area contributed by atoms with Gasteiger partial charge in [-0.3, -0.25) is 14.4 Å². The van der Waals surface area contributed by atoms with E-state index in [1.807, 2.05) is 24.8 Å². The maximum absolute atomic E-state index is 12.7. The molecule has 2 aliphatic heterocycles. The van der Waals surface area contributed by atoms with Gasteiger partial charge in [0.1, 0.15) is 5.56 Å². The summed E-state index contributed by atoms with van der Waals surface area (Å²) < 4.78 is 0. The third-order valence-corrected chi connectivity index (χ3v) is 5.66. The number of aromatic amines is 1. The fraction of sp³-hybridized carbons (Fsp3) is 0.650. The van der Waals surface area contributed by atoms with Crippen molar-refractivity contribution in [3.05, 3.63) is 33.7 Å². The van der Waals surface area contributed by atoms with E-state index in [2.05, 4.69) is 4.98 Å². The molecule has 1 aromatic heterocycles. The first kappa shape index (κ1) is 18.7. The van der Waals surface area contributed by atoms with Crippen LogP contribution in [0.4, 0.5) is 0 Å². The number of aromatic nitrogens is 1. The number of H-pyrrole nitrogens is 1. The van der Waals surface area contributed by atoms with Gasteiger partial charge in [0.25, 0.3) is 11.5 Å². The molecular weight excluding hydrogens is 330 g/mol. The van der Waals surface area contributed by atoms with E-state index in [0.29, 0.717) is 25.4 Å². The molecule has 0 bridgehead atoms. The number of amides is 2. The van der Waals surface area contributed by atoms with Crippen molar-refractivity contribution in [2.75, 3.05) is 26.2 Å². The first-order valence-corrected chi connectivity index (χ1v) is 9.76. The molecule has 0 aliphatic carbocycles. The van der Waals surface area contributed by atoms with Gasteiger partial charge < -0.3 is 14.8 Å². The number of rotatable bonds is 5. The maximum atomic E-state index is 12.7. The molecule has 0 aromatic carbocycles. The summed E-state index contributed by atoms with van der Waals surface area (Å²) in [5, 5.41) is 0. The lowest BCUT2D eigenvalue weighted by molar-refractivity contribution is -0.127. The van der Waals surface area contributed by atoms with Crippen LogP contribution in [0.15, 0.2) is 16.9 Å². The fourth-order valence-corrected chi connectivity index (χ4v) is 3.87. The number of carbonyl (C=O) groups excluding carboxylic acids is 2. The maximum Gasteiger partial charge on any atom is 0.261 e. The predicted molar refractivity (Wildman–Crippen MR) is 100 cm³/mol. The third kappa shape index (κ3) is 4.17. The van der Waals surface area contributed by atoms with Crippen LogP contribution in [0.5, 0.6) is 0 Å². The summed E-state index contributed by atoms with van der Waals surface area (Å²) in [6.45, 7) is 7.12. The minimum atomic E-state index is -0.295. The second-order valence-electron chi connectivity index (χ2n) is 7.82. The molecule has 3 heterocycles. The van der Waals surface area contributed by atoms with Crippen LogP contribution in [0.2, 0.25) is 0 Å². The van der Waals surface area contributed by atoms with E-state index in [1.54, 1.807) is 11.0 Å². The average molecular weight is 359 g/mol. The van der Waals surface area contributed by atoms with Crippen LogP contribution in [0.1, 0.15) is 67.9 Å². The lowest BCUT2D eigenvalue weighted by Gasteiger charge is -2.32. The molecule has 2 amide bonds. The molecule has 0 atom stereocenters. The van der Waals surface area contributed by atoms with E-state index in [0.717, 1.165) is 44.5 Å². The highest BCUT2D eigenvalue weighted by Crippen LogP contribution is 2.23. The third-order valence-electron chi connectivity index (χ3n) is 5.66. The molecule has 0 saturated carbocycles. The summed E-state index contributed by atoms with van der Waals surface area (Å²) in [6.07, 6.45) is 4.57. The number of pyridine rings is 1. The molecule has 2 saturated heterocycles. The van der Waals surface area contributed by atoms with Gasteiger partial charge in [-0.15, -0.1) is 0 Å². The Hall–Kier alpha value is -2.11. The second kappa shape index (κ2) is 8.06. The van der Waals surface area contributed by atoms with Gasteiger partial charge in [0.2, 0.25) is 5.91 Å². The number of piperidine rings is 1. The van der Waals surface area contributed by atoms with E-state index < -0.39 is 0 Å². The van der Waals surface area contributed by atoms with E-state index in [9.17, 15) is 14.4 Å². The Morgan fingerprint density at radius 1 is 1.19 bits per heavy atom. The van der Waals surface area contributed by atoms with Crippen molar-refractivity contribution < 1.29 is 9.59 Å². The Bertz CT molecular complexity index is 717. The van der Waals surface area contributed by atoms with Crippen LogP contribution in [0.25, 0.3) is 0 Å². The fourth-order valence-electron chi connectivity index (χ4n) is 3.87. The molecular formula is C20H29N3O3. The highest BCUT2D eigenvalue weighted by Gasteiger charge is 2.27. The molecule has 1 aromatic rings. The highest BCUT2D eigenvalue weighted by atomic mass is 16.2. The summed E-state index contributed by atoms with van der Waals surface area (Å²) in [7, 11) is 0. The van der Waals surface area contributed by atoms with E-state index in [1.165, 1.54) is 0 Å². The number of hydrogen-bond acceptors (Lipinski definition) is 3. The first-order valence-electron chi connectivity index (χ1n) is 9.76. The zero-order valence-electron chi connectivity index (χ0n) is 15.8. The quantitative estimate of drug-likeness (QED) is 0.877. The molecule has 0 spiro atoms. The Labute approximate surface area is 154 Å². The van der Waals surface area contributed by atoms with E-state index >= 15 is 0 Å². The molecule has 6 nitrogen and oxygen atoms in total. The largest absolute Gasteiger partial charge is 0.343 e. The minimum Gasteiger partial charge on any atom is -0.343 e. The molecule has 0 radical (unpaired) electrons. The van der Waals surface area contributed by atoms with Crippen LogP contribution < -0.4 is 5.56 Å². The number of likely N-dealkylation sites (tertiary alicyclic amines) is 2. The van der Waals surface area contributed by atoms with Gasteiger partial charge in [-0.05, 0) is 49.7 Å². The molecule has 2 aliphatic rings. The van der Waals surface area contributed by atoms with Crippen LogP contribution in [0, 0.1) is 5.92 Å². The van der Waals surface area contributed by atoms with Gasteiger partial charge in [-0.2, -0.15) is 0 Å². The smallest absolute Gasteiger partial charge is 0.261 e. The van der Waals surface area contributed by atoms with E-state index in [4.69, 9.17) is 0 Å². The number of carbonyl (C=O) groups is 2. The lowest BCUT2D eigenvalue weighted by Crippen LogP contribution is -2.41. The van der Waals surface area contributed by atoms with Gasteiger partial charge in [-0.1, -0.05) is 13.8 Å². The number of hydrogen-bond donors (Lipinski definition) is 1. The zero-order chi connectivity index (χ0) is 18.7. The van der Waals surface area contributed by atoms with Gasteiger partial charge in [0.05, 0.1) is 0 Å². The lowest BCUT2D eigenvalue weighted by atomic mass is 9.93. The van der Waals surface area contributed by atoms with Crippen molar-refractivity contribution in [2.24, 2.45) is 5.92 Å². The van der Waals surface area contributed by atoms with Crippen molar-refractivity contribution in [1.82, 2.24) is 14.8 Å². The Morgan fingerprint density at radius 3 is 2.50 bits per heavy atom. The van der Waals surface area contributed by atoms with Crippen LogP contribution >= 0.6 is 0 Å². The predicted octanol–water partition coefficient (Wildman–Crippen LogP) is 2.36. The van der Waals surface area contributed by atoms with Crippen LogP contribution in [-0.4, -0.2) is 52.8 Å². The van der Waals surface area contributed by atoms with Gasteiger partial charge >= 0.3 is 0 Å². The molecule has 0 unspecified atom stereocenters. The summed E-state index contributed by atoms with van der Waals surface area (Å²) in [5.41, 5.74) is 0.785. The summed E-state index contributed by atoms with van der Waals surface area (Å²) >= 11 is 0. The standard InChI is InChI=1S/C20H29N3O3/c1-14(2)17-6-5-16(19(25)21-17)20(26)23-12-8-15(9-13-23)7-11-22-10-3-4-18(22)24/h5-6,14-15H,3-4,7-13H2,1-2H3,(H,21,25).